The third-order valence-electron chi connectivity index (χ3n) is 6.48. The molecule has 0 bridgehead atoms. The number of hydrogen-bond donors (Lipinski definition) is 1. The molecule has 2 atom stereocenters. The number of benzene rings is 1. The molecule has 1 aromatic carbocycles. The van der Waals surface area contributed by atoms with Crippen LogP contribution in [0, 0.1) is 0 Å². The molecule has 0 spiro atoms. The average molecular weight is 477 g/mol. The van der Waals surface area contributed by atoms with Gasteiger partial charge < -0.3 is 4.42 Å². The van der Waals surface area contributed by atoms with Crippen LogP contribution in [0.4, 0.5) is 29.6 Å². The Labute approximate surface area is 197 Å². The molecule has 3 aromatic heterocycles. The first-order valence-electron chi connectivity index (χ1n) is 11.0. The molecule has 1 saturated carbocycles. The van der Waals surface area contributed by atoms with Gasteiger partial charge in [-0.3, -0.25) is 10.2 Å². The molecule has 6 rings (SSSR count). The average Bonchev–Trinajstić information content (AvgIpc) is 3.43. The van der Waals surface area contributed by atoms with Crippen LogP contribution in [0.25, 0.3) is 22.7 Å². The van der Waals surface area contributed by atoms with Gasteiger partial charge in [-0.1, -0.05) is 24.3 Å². The zero-order valence-corrected chi connectivity index (χ0v) is 18.2. The van der Waals surface area contributed by atoms with Crippen LogP contribution in [-0.2, 0) is 6.18 Å². The van der Waals surface area contributed by atoms with Crippen LogP contribution in [0.5, 0.6) is 0 Å². The van der Waals surface area contributed by atoms with E-state index in [1.807, 2.05) is 6.07 Å². The first-order valence-corrected chi connectivity index (χ1v) is 11.0. The van der Waals surface area contributed by atoms with Crippen molar-refractivity contribution in [3.63, 3.8) is 0 Å². The highest BCUT2D eigenvalue weighted by atomic mass is 19.4. The molecule has 7 nitrogen and oxygen atoms in total. The molecule has 2 amide bonds. The molecule has 4 aromatic rings. The second kappa shape index (κ2) is 7.93. The summed E-state index contributed by atoms with van der Waals surface area (Å²) >= 11 is 0. The number of rotatable bonds is 3. The van der Waals surface area contributed by atoms with E-state index in [2.05, 4.69) is 20.3 Å². The van der Waals surface area contributed by atoms with E-state index >= 15 is 0 Å². The van der Waals surface area contributed by atoms with E-state index in [-0.39, 0.29) is 12.0 Å². The first kappa shape index (κ1) is 21.3. The highest BCUT2D eigenvalue weighted by Gasteiger charge is 2.48. The van der Waals surface area contributed by atoms with E-state index in [0.29, 0.717) is 34.3 Å². The van der Waals surface area contributed by atoms with Crippen molar-refractivity contribution in [3.05, 3.63) is 78.3 Å². The first-order chi connectivity index (χ1) is 16.9. The monoisotopic (exact) mass is 477 g/mol. The van der Waals surface area contributed by atoms with Crippen LogP contribution in [-0.4, -0.2) is 27.0 Å². The van der Waals surface area contributed by atoms with Crippen LogP contribution in [0.3, 0.4) is 0 Å². The molecule has 0 radical (unpaired) electrons. The molecule has 0 saturated heterocycles. The maximum Gasteiger partial charge on any atom is 0.416 e. The molecule has 35 heavy (non-hydrogen) atoms. The highest BCUT2D eigenvalue weighted by molar-refractivity contribution is 6.03. The lowest BCUT2D eigenvalue weighted by Crippen LogP contribution is -2.46. The topological polar surface area (TPSA) is 84.2 Å². The lowest BCUT2D eigenvalue weighted by atomic mass is 9.78. The standard InChI is InChI=1S/C25H18F3N5O2/c26-25(27,28)15-4-1-3-14(11-15)18-9-7-17-16-8-10-20(16)33(23(17)31-18)24(34)32-22-6-2-5-19(30-22)21-12-29-13-35-21/h1-7,9,11-13,16,20H,8,10H2,(H,30,32,34). The maximum atomic E-state index is 13.3. The van der Waals surface area contributed by atoms with Crippen molar-refractivity contribution in [1.29, 1.82) is 0 Å². The lowest BCUT2D eigenvalue weighted by Gasteiger charge is -2.35. The largest absolute Gasteiger partial charge is 0.442 e. The number of urea groups is 1. The minimum atomic E-state index is -4.45. The third-order valence-corrected chi connectivity index (χ3v) is 6.48. The smallest absolute Gasteiger partial charge is 0.416 e. The fourth-order valence-electron chi connectivity index (χ4n) is 4.67. The van der Waals surface area contributed by atoms with E-state index in [1.165, 1.54) is 18.7 Å². The van der Waals surface area contributed by atoms with Gasteiger partial charge in [0.1, 0.15) is 17.3 Å². The molecule has 2 unspecified atom stereocenters. The summed E-state index contributed by atoms with van der Waals surface area (Å²) in [5.74, 6) is 1.44. The fourth-order valence-corrected chi connectivity index (χ4v) is 4.67. The summed E-state index contributed by atoms with van der Waals surface area (Å²) in [7, 11) is 0. The van der Waals surface area contributed by atoms with Crippen LogP contribution in [0.1, 0.15) is 29.9 Å². The van der Waals surface area contributed by atoms with Crippen LogP contribution in [0.2, 0.25) is 0 Å². The molecule has 2 aliphatic rings. The van der Waals surface area contributed by atoms with Crippen molar-refractivity contribution in [2.24, 2.45) is 0 Å². The Morgan fingerprint density at radius 1 is 1.03 bits per heavy atom. The number of alkyl halides is 3. The van der Waals surface area contributed by atoms with E-state index in [4.69, 9.17) is 4.42 Å². The zero-order chi connectivity index (χ0) is 24.2. The van der Waals surface area contributed by atoms with Crippen molar-refractivity contribution in [3.8, 4) is 22.7 Å². The molecule has 1 fully saturated rings. The van der Waals surface area contributed by atoms with Gasteiger partial charge in [-0.05, 0) is 43.2 Å². The number of fused-ring (bicyclic) bond motifs is 3. The number of anilines is 2. The van der Waals surface area contributed by atoms with Crippen LogP contribution >= 0.6 is 0 Å². The van der Waals surface area contributed by atoms with E-state index < -0.39 is 17.8 Å². The number of aromatic nitrogens is 3. The number of halogens is 3. The Kier molecular flexibility index (Phi) is 4.84. The van der Waals surface area contributed by atoms with Crippen molar-refractivity contribution < 1.29 is 22.4 Å². The van der Waals surface area contributed by atoms with E-state index in [1.54, 1.807) is 35.2 Å². The summed E-state index contributed by atoms with van der Waals surface area (Å²) in [6, 6.07) is 13.3. The number of carbonyl (C=O) groups is 1. The van der Waals surface area contributed by atoms with Gasteiger partial charge in [-0.15, -0.1) is 0 Å². The number of nitrogens with zero attached hydrogens (tertiary/aromatic N) is 4. The highest BCUT2D eigenvalue weighted by Crippen LogP contribution is 2.51. The Morgan fingerprint density at radius 2 is 1.89 bits per heavy atom. The van der Waals surface area contributed by atoms with Gasteiger partial charge in [0.25, 0.3) is 0 Å². The Hall–Kier alpha value is -4.21. The van der Waals surface area contributed by atoms with Crippen molar-refractivity contribution >= 4 is 17.7 Å². The molecule has 4 heterocycles. The summed E-state index contributed by atoms with van der Waals surface area (Å²) in [5, 5.41) is 2.83. The summed E-state index contributed by atoms with van der Waals surface area (Å²) in [4.78, 5) is 27.9. The second-order valence-corrected chi connectivity index (χ2v) is 8.51. The molecule has 10 heteroatoms. The normalized spacial score (nSPS) is 18.5. The molecule has 1 aliphatic heterocycles. The minimum absolute atomic E-state index is 0.0493. The third kappa shape index (κ3) is 3.71. The van der Waals surface area contributed by atoms with Crippen LogP contribution < -0.4 is 10.2 Å². The quantitative estimate of drug-likeness (QED) is 0.385. The SMILES string of the molecule is O=C(Nc1cccc(-c2cnco2)n1)N1c2nc(-c3cccc(C(F)(F)F)c3)ccc2C2CCC21. The zero-order valence-electron chi connectivity index (χ0n) is 18.2. The number of hydrogen-bond acceptors (Lipinski definition) is 5. The molecular formula is C25H18F3N5O2. The van der Waals surface area contributed by atoms with Gasteiger partial charge in [-0.25, -0.2) is 19.7 Å². The van der Waals surface area contributed by atoms with E-state index in [9.17, 15) is 18.0 Å². The fraction of sp³-hybridized carbons (Fsp3) is 0.200. The molecule has 1 aliphatic carbocycles. The predicted octanol–water partition coefficient (Wildman–Crippen LogP) is 6.12. The van der Waals surface area contributed by atoms with Crippen molar-refractivity contribution in [2.75, 3.05) is 10.2 Å². The summed E-state index contributed by atoms with van der Waals surface area (Å²) in [5.41, 5.74) is 1.41. The summed E-state index contributed by atoms with van der Waals surface area (Å²) in [6.07, 6.45) is 0.117. The molecular weight excluding hydrogens is 459 g/mol. The van der Waals surface area contributed by atoms with E-state index in [0.717, 1.165) is 30.5 Å². The number of oxazole rings is 1. The summed E-state index contributed by atoms with van der Waals surface area (Å²) < 4.78 is 44.9. The second-order valence-electron chi connectivity index (χ2n) is 8.51. The number of carbonyl (C=O) groups excluding carboxylic acids is 1. The van der Waals surface area contributed by atoms with Gasteiger partial charge in [0.2, 0.25) is 0 Å². The van der Waals surface area contributed by atoms with Crippen molar-refractivity contribution in [1.82, 2.24) is 15.0 Å². The van der Waals surface area contributed by atoms with Gasteiger partial charge in [0, 0.05) is 23.1 Å². The van der Waals surface area contributed by atoms with Gasteiger partial charge >= 0.3 is 12.2 Å². The molecule has 1 N–H and O–H groups in total. The van der Waals surface area contributed by atoms with Gasteiger partial charge in [0.15, 0.2) is 12.2 Å². The van der Waals surface area contributed by atoms with Gasteiger partial charge in [0.05, 0.1) is 17.5 Å². The minimum Gasteiger partial charge on any atom is -0.442 e. The Morgan fingerprint density at radius 3 is 2.63 bits per heavy atom. The predicted molar refractivity (Wildman–Crippen MR) is 122 cm³/mol. The molecule has 176 valence electrons. The Bertz CT molecular complexity index is 1420. The summed E-state index contributed by atoms with van der Waals surface area (Å²) in [6.45, 7) is 0. The van der Waals surface area contributed by atoms with Crippen molar-refractivity contribution in [2.45, 2.75) is 31.0 Å². The number of pyridine rings is 2. The maximum absolute atomic E-state index is 13.3. The lowest BCUT2D eigenvalue weighted by molar-refractivity contribution is -0.137. The van der Waals surface area contributed by atoms with Crippen LogP contribution in [0.15, 0.2) is 71.6 Å². The number of nitrogens with one attached hydrogen (secondary N) is 1. The Balaban J connectivity index is 1.32. The van der Waals surface area contributed by atoms with Gasteiger partial charge in [-0.2, -0.15) is 13.2 Å². The number of amides is 2.